The first kappa shape index (κ1) is 18.7. The van der Waals surface area contributed by atoms with E-state index in [1.807, 2.05) is 6.92 Å². The normalized spacial score (nSPS) is 13.0. The van der Waals surface area contributed by atoms with Gasteiger partial charge < -0.3 is 9.90 Å². The number of carboxylic acids is 1. The fourth-order valence-corrected chi connectivity index (χ4v) is 2.33. The quantitative estimate of drug-likeness (QED) is 0.699. The Bertz CT molecular complexity index is 531. The second-order valence-electron chi connectivity index (χ2n) is 5.62. The number of aliphatic carboxylic acids is 1. The van der Waals surface area contributed by atoms with Crippen molar-refractivity contribution in [1.29, 1.82) is 0 Å². The van der Waals surface area contributed by atoms with Crippen molar-refractivity contribution in [2.24, 2.45) is 11.8 Å². The molecule has 0 aliphatic carbocycles. The van der Waals surface area contributed by atoms with E-state index in [-0.39, 0.29) is 12.3 Å². The number of benzene rings is 1. The number of carboxylic acid groups (broad SMARTS) is 1. The van der Waals surface area contributed by atoms with Gasteiger partial charge in [0.25, 0.3) is 5.91 Å². The van der Waals surface area contributed by atoms with E-state index in [1.165, 1.54) is 0 Å². The lowest BCUT2D eigenvalue weighted by atomic mass is 9.87. The van der Waals surface area contributed by atoms with Gasteiger partial charge in [-0.1, -0.05) is 44.9 Å². The van der Waals surface area contributed by atoms with Crippen LogP contribution in [0.4, 0.5) is 0 Å². The van der Waals surface area contributed by atoms with Gasteiger partial charge >= 0.3 is 0 Å². The molecular weight excluding hydrogens is 296 g/mol. The van der Waals surface area contributed by atoms with Crippen molar-refractivity contribution < 1.29 is 19.5 Å². The molecule has 0 bridgehead atoms. The topological polar surface area (TPSA) is 98.3 Å². The van der Waals surface area contributed by atoms with Gasteiger partial charge in [-0.25, -0.2) is 0 Å². The van der Waals surface area contributed by atoms with Crippen molar-refractivity contribution in [2.45, 2.75) is 39.5 Å². The highest BCUT2D eigenvalue weighted by Crippen LogP contribution is 2.21. The molecule has 23 heavy (non-hydrogen) atoms. The molecule has 0 saturated carbocycles. The van der Waals surface area contributed by atoms with Gasteiger partial charge in [-0.3, -0.25) is 20.4 Å². The van der Waals surface area contributed by atoms with E-state index in [9.17, 15) is 19.5 Å². The van der Waals surface area contributed by atoms with Crippen molar-refractivity contribution in [1.82, 2.24) is 10.9 Å². The minimum absolute atomic E-state index is 0.0113. The number of hydrogen-bond acceptors (Lipinski definition) is 4. The molecule has 0 saturated heterocycles. The maximum absolute atomic E-state index is 11.9. The van der Waals surface area contributed by atoms with Crippen LogP contribution in [-0.4, -0.2) is 17.8 Å². The minimum atomic E-state index is -1.13. The van der Waals surface area contributed by atoms with Gasteiger partial charge in [0.2, 0.25) is 5.91 Å². The van der Waals surface area contributed by atoms with Crippen molar-refractivity contribution in [2.75, 3.05) is 0 Å². The lowest BCUT2D eigenvalue weighted by molar-refractivity contribution is -0.313. The molecule has 126 valence electrons. The number of nitrogens with one attached hydrogen (secondary N) is 2. The van der Waals surface area contributed by atoms with Crippen molar-refractivity contribution in [3.05, 3.63) is 35.9 Å². The predicted octanol–water partition coefficient (Wildman–Crippen LogP) is 1.03. The molecule has 0 spiro atoms. The van der Waals surface area contributed by atoms with Crippen molar-refractivity contribution in [3.63, 3.8) is 0 Å². The highest BCUT2D eigenvalue weighted by atomic mass is 16.4. The summed E-state index contributed by atoms with van der Waals surface area (Å²) in [6.07, 6.45) is 2.16. The summed E-state index contributed by atoms with van der Waals surface area (Å²) in [5, 5.41) is 11.2. The van der Waals surface area contributed by atoms with E-state index in [0.717, 1.165) is 12.8 Å². The SMILES string of the molecule is CCCCC(C(=O)[O-])C(C)CC(=O)NNC(=O)c1ccccc1. The first-order valence-electron chi connectivity index (χ1n) is 7.80. The zero-order valence-electron chi connectivity index (χ0n) is 13.5. The highest BCUT2D eigenvalue weighted by molar-refractivity contribution is 5.95. The van der Waals surface area contributed by atoms with Crippen LogP contribution in [0.2, 0.25) is 0 Å². The molecule has 0 radical (unpaired) electrons. The van der Waals surface area contributed by atoms with E-state index in [1.54, 1.807) is 37.3 Å². The largest absolute Gasteiger partial charge is 0.550 e. The molecule has 1 aromatic carbocycles. The van der Waals surface area contributed by atoms with Crippen LogP contribution in [0.25, 0.3) is 0 Å². The number of unbranched alkanes of at least 4 members (excludes halogenated alkanes) is 1. The Kier molecular flexibility index (Phi) is 7.80. The Hall–Kier alpha value is -2.37. The Morgan fingerprint density at radius 1 is 1.13 bits per heavy atom. The molecule has 0 aliphatic rings. The summed E-state index contributed by atoms with van der Waals surface area (Å²) in [4.78, 5) is 34.8. The van der Waals surface area contributed by atoms with Crippen LogP contribution in [0.1, 0.15) is 49.9 Å². The molecule has 2 N–H and O–H groups in total. The average molecular weight is 319 g/mol. The molecule has 0 heterocycles. The third kappa shape index (κ3) is 6.50. The third-order valence-corrected chi connectivity index (χ3v) is 3.72. The van der Waals surface area contributed by atoms with Gasteiger partial charge in [-0.15, -0.1) is 0 Å². The number of carbonyl (C=O) groups is 3. The van der Waals surface area contributed by atoms with Crippen LogP contribution in [0.15, 0.2) is 30.3 Å². The average Bonchev–Trinajstić information content (AvgIpc) is 2.53. The molecule has 6 nitrogen and oxygen atoms in total. The second-order valence-corrected chi connectivity index (χ2v) is 5.62. The fourth-order valence-electron chi connectivity index (χ4n) is 2.33. The zero-order valence-corrected chi connectivity index (χ0v) is 13.5. The van der Waals surface area contributed by atoms with Crippen LogP contribution in [-0.2, 0) is 9.59 Å². The standard InChI is InChI=1S/C17H24N2O4/c1-3-4-10-14(17(22)23)12(2)11-15(20)18-19-16(21)13-8-6-5-7-9-13/h5-9,12,14H,3-4,10-11H2,1-2H3,(H,18,20)(H,19,21)(H,22,23)/p-1. The van der Waals surface area contributed by atoms with E-state index < -0.39 is 23.7 Å². The molecule has 0 aliphatic heterocycles. The molecule has 6 heteroatoms. The van der Waals surface area contributed by atoms with Gasteiger partial charge in [0.15, 0.2) is 0 Å². The van der Waals surface area contributed by atoms with Crippen LogP contribution in [0.5, 0.6) is 0 Å². The predicted molar refractivity (Wildman–Crippen MR) is 83.9 cm³/mol. The summed E-state index contributed by atoms with van der Waals surface area (Å²) >= 11 is 0. The summed E-state index contributed by atoms with van der Waals surface area (Å²) in [5.74, 6) is -3.00. The van der Waals surface area contributed by atoms with Gasteiger partial charge in [0.05, 0.1) is 0 Å². The smallest absolute Gasteiger partial charge is 0.269 e. The lowest BCUT2D eigenvalue weighted by Gasteiger charge is -2.24. The van der Waals surface area contributed by atoms with Crippen molar-refractivity contribution in [3.8, 4) is 0 Å². The molecule has 2 unspecified atom stereocenters. The van der Waals surface area contributed by atoms with E-state index in [2.05, 4.69) is 10.9 Å². The van der Waals surface area contributed by atoms with Gasteiger partial charge in [0.1, 0.15) is 0 Å². The number of amides is 2. The molecule has 0 fully saturated rings. The Balaban J connectivity index is 2.45. The maximum Gasteiger partial charge on any atom is 0.269 e. The minimum Gasteiger partial charge on any atom is -0.550 e. The van der Waals surface area contributed by atoms with Crippen LogP contribution >= 0.6 is 0 Å². The van der Waals surface area contributed by atoms with E-state index in [0.29, 0.717) is 12.0 Å². The summed E-state index contributed by atoms with van der Waals surface area (Å²) in [7, 11) is 0. The molecule has 2 amide bonds. The van der Waals surface area contributed by atoms with Crippen LogP contribution in [0.3, 0.4) is 0 Å². The third-order valence-electron chi connectivity index (χ3n) is 3.72. The molecule has 1 aromatic rings. The maximum atomic E-state index is 11.9. The van der Waals surface area contributed by atoms with Gasteiger partial charge in [0, 0.05) is 23.9 Å². The zero-order chi connectivity index (χ0) is 17.2. The molecule has 2 atom stereocenters. The van der Waals surface area contributed by atoms with E-state index in [4.69, 9.17) is 0 Å². The van der Waals surface area contributed by atoms with Crippen LogP contribution in [0, 0.1) is 11.8 Å². The summed E-state index contributed by atoms with van der Waals surface area (Å²) in [5.41, 5.74) is 5.05. The Morgan fingerprint density at radius 2 is 1.78 bits per heavy atom. The number of carbonyl (C=O) groups excluding carboxylic acids is 3. The Morgan fingerprint density at radius 3 is 2.35 bits per heavy atom. The number of rotatable bonds is 8. The lowest BCUT2D eigenvalue weighted by Crippen LogP contribution is -2.43. The summed E-state index contributed by atoms with van der Waals surface area (Å²) < 4.78 is 0. The van der Waals surface area contributed by atoms with Crippen LogP contribution < -0.4 is 16.0 Å². The summed E-state index contributed by atoms with van der Waals surface area (Å²) in [6, 6.07) is 8.48. The molecule has 1 rings (SSSR count). The summed E-state index contributed by atoms with van der Waals surface area (Å²) in [6.45, 7) is 3.68. The monoisotopic (exact) mass is 319 g/mol. The molecular formula is C17H23N2O4-. The number of hydrazine groups is 1. The highest BCUT2D eigenvalue weighted by Gasteiger charge is 2.21. The number of hydrogen-bond donors (Lipinski definition) is 2. The molecule has 0 aromatic heterocycles. The fraction of sp³-hybridized carbons (Fsp3) is 0.471. The second kappa shape index (κ2) is 9.61. The Labute approximate surface area is 136 Å². The van der Waals surface area contributed by atoms with E-state index >= 15 is 0 Å². The van der Waals surface area contributed by atoms with Gasteiger partial charge in [-0.05, 0) is 24.5 Å². The van der Waals surface area contributed by atoms with Crippen molar-refractivity contribution >= 4 is 17.8 Å². The first-order valence-corrected chi connectivity index (χ1v) is 7.80. The first-order chi connectivity index (χ1) is 11.0. The van der Waals surface area contributed by atoms with Gasteiger partial charge in [-0.2, -0.15) is 0 Å².